The van der Waals surface area contributed by atoms with Gasteiger partial charge in [-0.25, -0.2) is 9.48 Å². The highest BCUT2D eigenvalue weighted by Gasteiger charge is 2.49. The Hall–Kier alpha value is -4.05. The van der Waals surface area contributed by atoms with Gasteiger partial charge in [0, 0.05) is 29.7 Å². The maximum Gasteiger partial charge on any atom is 0.330 e. The van der Waals surface area contributed by atoms with E-state index in [2.05, 4.69) is 27.1 Å². The van der Waals surface area contributed by atoms with Gasteiger partial charge in [0.15, 0.2) is 0 Å². The third kappa shape index (κ3) is 4.38. The molecule has 202 valence electrons. The molecule has 4 unspecified atom stereocenters. The van der Waals surface area contributed by atoms with Crippen molar-refractivity contribution in [1.82, 2.24) is 24.5 Å². The average Bonchev–Trinajstić information content (AvgIpc) is 3.40. The van der Waals surface area contributed by atoms with Crippen LogP contribution in [0.4, 0.5) is 5.69 Å². The van der Waals surface area contributed by atoms with Gasteiger partial charge >= 0.3 is 5.69 Å². The van der Waals surface area contributed by atoms with Crippen molar-refractivity contribution in [3.63, 3.8) is 0 Å². The van der Waals surface area contributed by atoms with Gasteiger partial charge in [0.1, 0.15) is 18.0 Å². The number of hydrogen-bond donors (Lipinski definition) is 3. The number of rotatable bonds is 5. The van der Waals surface area contributed by atoms with E-state index in [1.54, 1.807) is 29.9 Å². The molecule has 2 aromatic heterocycles. The molecule has 1 saturated heterocycles. The van der Waals surface area contributed by atoms with Crippen LogP contribution in [-0.2, 0) is 21.7 Å². The van der Waals surface area contributed by atoms with E-state index in [0.717, 1.165) is 18.4 Å². The fourth-order valence-corrected chi connectivity index (χ4v) is 5.15. The lowest BCUT2D eigenvalue weighted by atomic mass is 9.94. The lowest BCUT2D eigenvalue weighted by Gasteiger charge is -2.18. The predicted molar refractivity (Wildman–Crippen MR) is 137 cm³/mol. The number of nitrogens with one attached hydrogen (secondary N) is 1. The number of benzene rings is 1. The zero-order valence-corrected chi connectivity index (χ0v) is 21.5. The molecule has 3 N–H and O–H groups in total. The normalized spacial score (nSPS) is 26.0. The highest BCUT2D eigenvalue weighted by molar-refractivity contribution is 6.09. The molecule has 1 aromatic carbocycles. The first-order valence-corrected chi connectivity index (χ1v) is 12.8. The van der Waals surface area contributed by atoms with Crippen LogP contribution in [0.2, 0.25) is 0 Å². The zero-order valence-electron chi connectivity index (χ0n) is 21.5. The summed E-state index contributed by atoms with van der Waals surface area (Å²) < 4.78 is 8.77. The molecule has 0 radical (unpaired) electrons. The van der Waals surface area contributed by atoms with Crippen molar-refractivity contribution in [2.45, 2.75) is 63.6 Å². The number of anilines is 1. The third-order valence-corrected chi connectivity index (χ3v) is 7.48. The number of aliphatic hydroxyl groups is 2. The smallest absolute Gasteiger partial charge is 0.330 e. The van der Waals surface area contributed by atoms with Crippen LogP contribution in [-0.4, -0.2) is 53.4 Å². The number of hydrogen-bond acceptors (Lipinski definition) is 8. The van der Waals surface area contributed by atoms with E-state index in [-0.39, 0.29) is 19.1 Å². The van der Waals surface area contributed by atoms with Gasteiger partial charge in [-0.3, -0.25) is 19.1 Å². The predicted octanol–water partition coefficient (Wildman–Crippen LogP) is 0.414. The van der Waals surface area contributed by atoms with E-state index >= 15 is 0 Å². The molecule has 12 heteroatoms. The first kappa shape index (κ1) is 25.2. The molecule has 4 atom stereocenters. The molecule has 39 heavy (non-hydrogen) atoms. The number of aromatic nitrogens is 5. The highest BCUT2D eigenvalue weighted by atomic mass is 16.5. The molecular formula is C27H28N6O6. The number of carbonyl (C=O) groups excluding carboxylic acids is 1. The van der Waals surface area contributed by atoms with Gasteiger partial charge < -0.3 is 19.8 Å². The molecule has 2 fully saturated rings. The minimum Gasteiger partial charge on any atom is -0.394 e. The molecule has 1 amide bonds. The number of aliphatic hydroxyl groups excluding tert-OH is 1. The Morgan fingerprint density at radius 2 is 2.00 bits per heavy atom. The monoisotopic (exact) mass is 532 g/mol. The molecular weight excluding hydrogens is 504 g/mol. The molecule has 1 aliphatic carbocycles. The SMILES string of the molecule is Cc1ccc2c(c1)C(O)(C#CC1CC1)C(=O)N2Cc1cn(C2CC(n3cc(C)c(=O)[nH]c3=O)OC2CO)nn1. The highest BCUT2D eigenvalue weighted by Crippen LogP contribution is 2.42. The van der Waals surface area contributed by atoms with Crippen LogP contribution in [0.5, 0.6) is 0 Å². The van der Waals surface area contributed by atoms with Gasteiger partial charge in [-0.1, -0.05) is 28.7 Å². The average molecular weight is 533 g/mol. The van der Waals surface area contributed by atoms with Crippen molar-refractivity contribution in [3.8, 4) is 11.8 Å². The van der Waals surface area contributed by atoms with Crippen LogP contribution in [0, 0.1) is 31.6 Å². The van der Waals surface area contributed by atoms with Crippen molar-refractivity contribution in [2.24, 2.45) is 5.92 Å². The fourth-order valence-electron chi connectivity index (χ4n) is 5.15. The van der Waals surface area contributed by atoms with E-state index in [0.29, 0.717) is 28.9 Å². The lowest BCUT2D eigenvalue weighted by Crippen LogP contribution is -2.39. The third-order valence-electron chi connectivity index (χ3n) is 7.48. The summed E-state index contributed by atoms with van der Waals surface area (Å²) in [6.07, 6.45) is 3.93. The summed E-state index contributed by atoms with van der Waals surface area (Å²) in [5.41, 5.74) is -0.237. The molecule has 4 heterocycles. The van der Waals surface area contributed by atoms with E-state index in [9.17, 15) is 24.6 Å². The Labute approximate surface area is 222 Å². The van der Waals surface area contributed by atoms with Crippen LogP contribution in [0.1, 0.15) is 53.9 Å². The van der Waals surface area contributed by atoms with Crippen LogP contribution in [0.25, 0.3) is 0 Å². The Bertz CT molecular complexity index is 1640. The molecule has 6 rings (SSSR count). The fraction of sp³-hybridized carbons (Fsp3) is 0.444. The van der Waals surface area contributed by atoms with Crippen molar-refractivity contribution in [2.75, 3.05) is 11.5 Å². The quantitative estimate of drug-likeness (QED) is 0.399. The van der Waals surface area contributed by atoms with Gasteiger partial charge in [0.25, 0.3) is 11.5 Å². The van der Waals surface area contributed by atoms with E-state index in [1.807, 2.05) is 13.0 Å². The Kier molecular flexibility index (Phi) is 6.02. The van der Waals surface area contributed by atoms with Crippen molar-refractivity contribution in [3.05, 3.63) is 73.8 Å². The first-order chi connectivity index (χ1) is 18.7. The number of aromatic amines is 1. The molecule has 1 saturated carbocycles. The number of fused-ring (bicyclic) bond motifs is 1. The van der Waals surface area contributed by atoms with E-state index in [1.165, 1.54) is 15.7 Å². The summed E-state index contributed by atoms with van der Waals surface area (Å²) in [6, 6.07) is 5.00. The van der Waals surface area contributed by atoms with Crippen LogP contribution >= 0.6 is 0 Å². The summed E-state index contributed by atoms with van der Waals surface area (Å²) in [5.74, 6) is 5.57. The number of carbonyl (C=O) groups is 1. The zero-order chi connectivity index (χ0) is 27.5. The van der Waals surface area contributed by atoms with Gasteiger partial charge in [-0.2, -0.15) is 0 Å². The molecule has 0 bridgehead atoms. The van der Waals surface area contributed by atoms with Gasteiger partial charge in [0.2, 0.25) is 5.60 Å². The molecule has 2 aliphatic heterocycles. The largest absolute Gasteiger partial charge is 0.394 e. The van der Waals surface area contributed by atoms with E-state index < -0.39 is 41.1 Å². The van der Waals surface area contributed by atoms with Crippen LogP contribution in [0.3, 0.4) is 0 Å². The van der Waals surface area contributed by atoms with Gasteiger partial charge in [0.05, 0.1) is 31.1 Å². The molecule has 3 aliphatic rings. The number of nitrogens with zero attached hydrogens (tertiary/aromatic N) is 5. The minimum atomic E-state index is -1.92. The number of H-pyrrole nitrogens is 1. The number of aryl methyl sites for hydroxylation is 2. The first-order valence-electron chi connectivity index (χ1n) is 12.8. The summed E-state index contributed by atoms with van der Waals surface area (Å²) in [4.78, 5) is 41.3. The number of amides is 1. The lowest BCUT2D eigenvalue weighted by molar-refractivity contribution is -0.130. The summed E-state index contributed by atoms with van der Waals surface area (Å²) >= 11 is 0. The second-order valence-corrected chi connectivity index (χ2v) is 10.4. The number of ether oxygens (including phenoxy) is 1. The summed E-state index contributed by atoms with van der Waals surface area (Å²) in [7, 11) is 0. The maximum atomic E-state index is 13.5. The molecule has 0 spiro atoms. The van der Waals surface area contributed by atoms with Crippen LogP contribution in [0.15, 0.2) is 40.2 Å². The minimum absolute atomic E-state index is 0.0572. The van der Waals surface area contributed by atoms with Crippen molar-refractivity contribution < 1.29 is 19.7 Å². The second kappa shape index (κ2) is 9.30. The Morgan fingerprint density at radius 3 is 2.74 bits per heavy atom. The van der Waals surface area contributed by atoms with Crippen molar-refractivity contribution >= 4 is 11.6 Å². The standard InChI is InChI=1S/C27H28N6O6/c1-15-3-6-20-19(9-15)27(38,8-7-17-4-5-17)25(36)31(20)12-18-13-33(30-29-18)21-10-23(39-22(21)14-34)32-11-16(2)24(35)28-26(32)37/h3,6,9,11,13,17,21-23,34,38H,4-5,10,12,14H2,1-2H3,(H,28,35,37). The van der Waals surface area contributed by atoms with Crippen LogP contribution < -0.4 is 16.1 Å². The molecule has 12 nitrogen and oxygen atoms in total. The van der Waals surface area contributed by atoms with E-state index in [4.69, 9.17) is 4.74 Å². The van der Waals surface area contributed by atoms with Gasteiger partial charge in [-0.15, -0.1) is 5.10 Å². The van der Waals surface area contributed by atoms with Gasteiger partial charge in [-0.05, 0) is 38.8 Å². The van der Waals surface area contributed by atoms with Crippen molar-refractivity contribution in [1.29, 1.82) is 0 Å². The summed E-state index contributed by atoms with van der Waals surface area (Å²) in [5, 5.41) is 29.8. The maximum absolute atomic E-state index is 13.5. The Balaban J connectivity index is 1.26. The molecule has 3 aromatic rings. The Morgan fingerprint density at radius 1 is 1.21 bits per heavy atom. The summed E-state index contributed by atoms with van der Waals surface area (Å²) in [6.45, 7) is 3.22. The topological polar surface area (TPSA) is 156 Å². The second-order valence-electron chi connectivity index (χ2n) is 10.4.